The zero-order chi connectivity index (χ0) is 18.5. The van der Waals surface area contributed by atoms with Crippen molar-refractivity contribution in [2.45, 2.75) is 45.4 Å². The SMILES string of the molecule is CC(C)N1CCN(C(=O)Oc2ccc(CO)nc2)C(C2CCNCC2)C1. The second-order valence-electron chi connectivity index (χ2n) is 7.45. The van der Waals surface area contributed by atoms with E-state index in [1.807, 2.05) is 4.90 Å². The summed E-state index contributed by atoms with van der Waals surface area (Å²) < 4.78 is 5.58. The molecule has 2 saturated heterocycles. The van der Waals surface area contributed by atoms with Crippen LogP contribution in [0.2, 0.25) is 0 Å². The Kier molecular flexibility index (Phi) is 6.45. The zero-order valence-electron chi connectivity index (χ0n) is 15.7. The van der Waals surface area contributed by atoms with Gasteiger partial charge in [-0.05, 0) is 57.8 Å². The van der Waals surface area contributed by atoms with Gasteiger partial charge in [0, 0.05) is 25.7 Å². The lowest BCUT2D eigenvalue weighted by Crippen LogP contribution is -2.60. The molecule has 0 bridgehead atoms. The van der Waals surface area contributed by atoms with E-state index in [0.29, 0.717) is 29.9 Å². The van der Waals surface area contributed by atoms with Gasteiger partial charge in [-0.3, -0.25) is 9.88 Å². The van der Waals surface area contributed by atoms with Crippen LogP contribution in [-0.2, 0) is 6.61 Å². The van der Waals surface area contributed by atoms with E-state index in [1.54, 1.807) is 12.1 Å². The van der Waals surface area contributed by atoms with Crippen LogP contribution in [0, 0.1) is 5.92 Å². The normalized spacial score (nSPS) is 22.6. The maximum Gasteiger partial charge on any atom is 0.415 e. The average molecular weight is 362 g/mol. The Hall–Kier alpha value is -1.70. The van der Waals surface area contributed by atoms with Gasteiger partial charge >= 0.3 is 6.09 Å². The van der Waals surface area contributed by atoms with Gasteiger partial charge in [0.15, 0.2) is 5.75 Å². The lowest BCUT2D eigenvalue weighted by Gasteiger charge is -2.46. The topological polar surface area (TPSA) is 77.9 Å². The van der Waals surface area contributed by atoms with Gasteiger partial charge in [0.1, 0.15) is 0 Å². The molecule has 3 rings (SSSR count). The first-order valence-corrected chi connectivity index (χ1v) is 9.57. The smallest absolute Gasteiger partial charge is 0.409 e. The van der Waals surface area contributed by atoms with E-state index in [4.69, 9.17) is 9.84 Å². The fraction of sp³-hybridized carbons (Fsp3) is 0.684. The summed E-state index contributed by atoms with van der Waals surface area (Å²) >= 11 is 0. The monoisotopic (exact) mass is 362 g/mol. The molecule has 144 valence electrons. The number of piperidine rings is 1. The molecular weight excluding hydrogens is 332 g/mol. The van der Waals surface area contributed by atoms with E-state index in [0.717, 1.165) is 39.0 Å². The van der Waals surface area contributed by atoms with Gasteiger partial charge in [0.25, 0.3) is 0 Å². The molecule has 7 nitrogen and oxygen atoms in total. The quantitative estimate of drug-likeness (QED) is 0.845. The van der Waals surface area contributed by atoms with Crippen molar-refractivity contribution in [1.29, 1.82) is 0 Å². The highest BCUT2D eigenvalue weighted by Crippen LogP contribution is 2.26. The molecule has 0 saturated carbocycles. The fourth-order valence-corrected chi connectivity index (χ4v) is 3.88. The summed E-state index contributed by atoms with van der Waals surface area (Å²) in [5.74, 6) is 0.919. The number of nitrogens with one attached hydrogen (secondary N) is 1. The Labute approximate surface area is 155 Å². The number of ether oxygens (including phenoxy) is 1. The zero-order valence-corrected chi connectivity index (χ0v) is 15.7. The third kappa shape index (κ3) is 4.52. The molecule has 2 fully saturated rings. The summed E-state index contributed by atoms with van der Waals surface area (Å²) in [6, 6.07) is 4.02. The van der Waals surface area contributed by atoms with Crippen molar-refractivity contribution in [3.63, 3.8) is 0 Å². The second kappa shape index (κ2) is 8.79. The number of aromatic nitrogens is 1. The standard InChI is InChI=1S/C19H30N4O3/c1-14(2)22-9-10-23(18(12-22)15-5-7-20-8-6-15)19(25)26-17-4-3-16(13-24)21-11-17/h3-4,11,14-15,18,20,24H,5-10,12-13H2,1-2H3. The summed E-state index contributed by atoms with van der Waals surface area (Å²) in [6.45, 7) is 8.78. The minimum absolute atomic E-state index is 0.122. The third-order valence-corrected chi connectivity index (χ3v) is 5.51. The summed E-state index contributed by atoms with van der Waals surface area (Å²) in [5, 5.41) is 12.5. The van der Waals surface area contributed by atoms with Gasteiger partial charge in [0.05, 0.1) is 24.5 Å². The van der Waals surface area contributed by atoms with Crippen molar-refractivity contribution < 1.29 is 14.6 Å². The van der Waals surface area contributed by atoms with Gasteiger partial charge in [-0.15, -0.1) is 0 Å². The Morgan fingerprint density at radius 2 is 2.12 bits per heavy atom. The van der Waals surface area contributed by atoms with Crippen LogP contribution in [0.3, 0.4) is 0 Å². The molecule has 2 aliphatic heterocycles. The predicted octanol–water partition coefficient (Wildman–Crippen LogP) is 1.47. The van der Waals surface area contributed by atoms with E-state index >= 15 is 0 Å². The number of rotatable bonds is 4. The first-order chi connectivity index (χ1) is 12.6. The third-order valence-electron chi connectivity index (χ3n) is 5.51. The molecule has 0 radical (unpaired) electrons. The van der Waals surface area contributed by atoms with Crippen molar-refractivity contribution >= 4 is 6.09 Å². The van der Waals surface area contributed by atoms with Crippen LogP contribution in [0.5, 0.6) is 5.75 Å². The molecule has 1 unspecified atom stereocenters. The van der Waals surface area contributed by atoms with Crippen molar-refractivity contribution in [2.24, 2.45) is 5.92 Å². The Bertz CT molecular complexity index is 587. The average Bonchev–Trinajstić information content (AvgIpc) is 2.68. The molecule has 1 amide bonds. The number of amides is 1. The Balaban J connectivity index is 1.70. The van der Waals surface area contributed by atoms with Crippen molar-refractivity contribution in [2.75, 3.05) is 32.7 Å². The number of pyridine rings is 1. The van der Waals surface area contributed by atoms with Crippen LogP contribution in [0.1, 0.15) is 32.4 Å². The van der Waals surface area contributed by atoms with Crippen molar-refractivity contribution in [3.8, 4) is 5.75 Å². The number of hydrogen-bond acceptors (Lipinski definition) is 6. The Morgan fingerprint density at radius 1 is 1.35 bits per heavy atom. The molecule has 2 N–H and O–H groups in total. The van der Waals surface area contributed by atoms with Gasteiger partial charge in [-0.1, -0.05) is 0 Å². The van der Waals surface area contributed by atoms with E-state index in [2.05, 4.69) is 29.0 Å². The van der Waals surface area contributed by atoms with Crippen LogP contribution in [0.4, 0.5) is 4.79 Å². The molecule has 1 aromatic heterocycles. The molecule has 1 atom stereocenters. The Morgan fingerprint density at radius 3 is 2.73 bits per heavy atom. The first kappa shape index (κ1) is 19.1. The van der Waals surface area contributed by atoms with Crippen molar-refractivity contribution in [3.05, 3.63) is 24.0 Å². The number of piperazine rings is 1. The van der Waals surface area contributed by atoms with E-state index in [9.17, 15) is 4.79 Å². The van der Waals surface area contributed by atoms with E-state index < -0.39 is 0 Å². The molecule has 3 heterocycles. The van der Waals surface area contributed by atoms with Crippen LogP contribution >= 0.6 is 0 Å². The summed E-state index contributed by atoms with van der Waals surface area (Å²) in [7, 11) is 0. The molecule has 1 aromatic rings. The highest BCUT2D eigenvalue weighted by Gasteiger charge is 2.37. The van der Waals surface area contributed by atoms with Gasteiger partial charge in [-0.2, -0.15) is 0 Å². The fourth-order valence-electron chi connectivity index (χ4n) is 3.88. The molecule has 26 heavy (non-hydrogen) atoms. The highest BCUT2D eigenvalue weighted by molar-refractivity contribution is 5.71. The minimum Gasteiger partial charge on any atom is -0.409 e. The van der Waals surface area contributed by atoms with Gasteiger partial charge in [0.2, 0.25) is 0 Å². The molecule has 0 spiro atoms. The lowest BCUT2D eigenvalue weighted by atomic mass is 9.87. The first-order valence-electron chi connectivity index (χ1n) is 9.57. The van der Waals surface area contributed by atoms with Crippen LogP contribution in [0.15, 0.2) is 18.3 Å². The summed E-state index contributed by atoms with van der Waals surface area (Å²) in [5.41, 5.74) is 0.558. The number of carbonyl (C=O) groups excluding carboxylic acids is 1. The summed E-state index contributed by atoms with van der Waals surface area (Å²) in [6.07, 6.45) is 3.38. The summed E-state index contributed by atoms with van der Waals surface area (Å²) in [4.78, 5) is 21.3. The molecule has 7 heteroatoms. The lowest BCUT2D eigenvalue weighted by molar-refractivity contribution is 0.0272. The maximum absolute atomic E-state index is 12.8. The van der Waals surface area contributed by atoms with Crippen molar-refractivity contribution in [1.82, 2.24) is 20.1 Å². The van der Waals surface area contributed by atoms with E-state index in [-0.39, 0.29) is 18.7 Å². The van der Waals surface area contributed by atoms with Gasteiger partial charge in [-0.25, -0.2) is 4.79 Å². The molecule has 2 aliphatic rings. The van der Waals surface area contributed by atoms with E-state index in [1.165, 1.54) is 6.20 Å². The van der Waals surface area contributed by atoms with Crippen LogP contribution < -0.4 is 10.1 Å². The molecule has 0 aromatic carbocycles. The maximum atomic E-state index is 12.8. The number of carbonyl (C=O) groups is 1. The minimum atomic E-state index is -0.296. The molecule has 0 aliphatic carbocycles. The number of aliphatic hydroxyl groups excluding tert-OH is 1. The largest absolute Gasteiger partial charge is 0.415 e. The van der Waals surface area contributed by atoms with Gasteiger partial charge < -0.3 is 20.1 Å². The second-order valence-corrected chi connectivity index (χ2v) is 7.45. The number of nitrogens with zero attached hydrogens (tertiary/aromatic N) is 3. The number of hydrogen-bond donors (Lipinski definition) is 2. The number of aliphatic hydroxyl groups is 1. The predicted molar refractivity (Wildman–Crippen MR) is 99.0 cm³/mol. The molecular formula is C19H30N4O3. The van der Waals surface area contributed by atoms with Crippen LogP contribution in [-0.4, -0.2) is 70.8 Å². The highest BCUT2D eigenvalue weighted by atomic mass is 16.6. The van der Waals surface area contributed by atoms with Crippen LogP contribution in [0.25, 0.3) is 0 Å².